The number of hydrogen-bond donors (Lipinski definition) is 1. The Morgan fingerprint density at radius 2 is 2.03 bits per heavy atom. The molecule has 1 N–H and O–H groups in total. The highest BCUT2D eigenvalue weighted by atomic mass is 19.4. The maximum atomic E-state index is 13.6. The van der Waals surface area contributed by atoms with Gasteiger partial charge in [0.15, 0.2) is 5.69 Å². The molecule has 5 rings (SSSR count). The van der Waals surface area contributed by atoms with Crippen LogP contribution >= 0.6 is 0 Å². The van der Waals surface area contributed by atoms with Gasteiger partial charge < -0.3 is 14.6 Å². The van der Waals surface area contributed by atoms with E-state index in [0.29, 0.717) is 29.6 Å². The fraction of sp³-hybridized carbons (Fsp3) is 0.364. The normalized spacial score (nSPS) is 22.4. The number of anilines is 1. The highest BCUT2D eigenvalue weighted by Gasteiger charge is 2.49. The molecular formula is C22H20F3N5O2. The first kappa shape index (κ1) is 20.5. The minimum absolute atomic E-state index is 0.0466. The Kier molecular flexibility index (Phi) is 4.87. The van der Waals surface area contributed by atoms with Gasteiger partial charge in [-0.2, -0.15) is 13.2 Å². The molecule has 0 spiro atoms. The Bertz CT molecular complexity index is 1130. The Labute approximate surface area is 181 Å². The zero-order valence-corrected chi connectivity index (χ0v) is 17.1. The van der Waals surface area contributed by atoms with Gasteiger partial charge in [-0.25, -0.2) is 15.0 Å². The second-order valence-corrected chi connectivity index (χ2v) is 8.12. The van der Waals surface area contributed by atoms with Crippen molar-refractivity contribution in [2.75, 3.05) is 5.32 Å². The van der Waals surface area contributed by atoms with Gasteiger partial charge >= 0.3 is 6.18 Å². The van der Waals surface area contributed by atoms with E-state index in [9.17, 15) is 18.0 Å². The van der Waals surface area contributed by atoms with Crippen LogP contribution in [0.3, 0.4) is 0 Å². The van der Waals surface area contributed by atoms with Crippen LogP contribution in [0.2, 0.25) is 0 Å². The van der Waals surface area contributed by atoms with Gasteiger partial charge in [0.1, 0.15) is 12.1 Å². The number of aromatic nitrogens is 3. The monoisotopic (exact) mass is 443 g/mol. The number of fused-ring (bicyclic) bond motifs is 2. The number of nitrogens with zero attached hydrogens (tertiary/aromatic N) is 4. The highest BCUT2D eigenvalue weighted by Crippen LogP contribution is 2.41. The smallest absolute Gasteiger partial charge is 0.434 e. The zero-order valence-electron chi connectivity index (χ0n) is 17.1. The molecule has 0 aliphatic carbocycles. The minimum Gasteiger partial charge on any atom is -0.444 e. The van der Waals surface area contributed by atoms with Crippen molar-refractivity contribution in [1.82, 2.24) is 19.9 Å². The number of aryl methyl sites for hydroxylation is 1. The van der Waals surface area contributed by atoms with Crippen LogP contribution in [0.25, 0.3) is 11.5 Å². The van der Waals surface area contributed by atoms with Gasteiger partial charge in [0.2, 0.25) is 5.89 Å². The van der Waals surface area contributed by atoms with Crippen molar-refractivity contribution in [3.8, 4) is 11.5 Å². The molecule has 0 saturated carbocycles. The summed E-state index contributed by atoms with van der Waals surface area (Å²) >= 11 is 0. The van der Waals surface area contributed by atoms with Crippen LogP contribution in [0.15, 0.2) is 47.5 Å². The lowest BCUT2D eigenvalue weighted by atomic mass is 9.95. The summed E-state index contributed by atoms with van der Waals surface area (Å²) in [6, 6.07) is 5.36. The number of alkyl halides is 3. The largest absolute Gasteiger partial charge is 0.444 e. The average molecular weight is 443 g/mol. The summed E-state index contributed by atoms with van der Waals surface area (Å²) in [6.45, 7) is 1.91. The Morgan fingerprint density at radius 1 is 1.19 bits per heavy atom. The molecule has 2 aliphatic heterocycles. The molecule has 2 aliphatic rings. The number of rotatable bonds is 4. The number of amides is 1. The molecule has 166 valence electrons. The van der Waals surface area contributed by atoms with E-state index in [1.807, 2.05) is 24.0 Å². The van der Waals surface area contributed by atoms with Gasteiger partial charge in [-0.3, -0.25) is 4.79 Å². The molecule has 2 fully saturated rings. The number of nitrogens with one attached hydrogen (secondary N) is 1. The summed E-state index contributed by atoms with van der Waals surface area (Å²) in [5.74, 6) is 0.559. The molecule has 32 heavy (non-hydrogen) atoms. The maximum Gasteiger partial charge on any atom is 0.434 e. The van der Waals surface area contributed by atoms with Crippen LogP contribution in [0.5, 0.6) is 0 Å². The number of halogens is 3. The molecule has 3 unspecified atom stereocenters. The Morgan fingerprint density at radius 3 is 2.72 bits per heavy atom. The van der Waals surface area contributed by atoms with E-state index in [1.165, 1.54) is 6.26 Å². The second kappa shape index (κ2) is 7.61. The number of oxazole rings is 1. The molecule has 3 aromatic rings. The minimum atomic E-state index is -4.53. The van der Waals surface area contributed by atoms with E-state index in [1.54, 1.807) is 12.3 Å². The molecule has 7 nitrogen and oxygen atoms in total. The van der Waals surface area contributed by atoms with Gasteiger partial charge in [0, 0.05) is 6.04 Å². The van der Waals surface area contributed by atoms with Crippen molar-refractivity contribution >= 4 is 11.7 Å². The van der Waals surface area contributed by atoms with Crippen LogP contribution in [-0.4, -0.2) is 43.9 Å². The number of carbonyl (C=O) groups excluding carboxylic acids is 1. The number of hydrogen-bond acceptors (Lipinski definition) is 6. The molecule has 1 aromatic carbocycles. The van der Waals surface area contributed by atoms with Gasteiger partial charge in [0.05, 0.1) is 41.8 Å². The molecule has 3 atom stereocenters. The average Bonchev–Trinajstić information content (AvgIpc) is 3.49. The molecule has 0 radical (unpaired) electrons. The molecule has 2 aromatic heterocycles. The summed E-state index contributed by atoms with van der Waals surface area (Å²) in [5, 5.41) is 3.18. The Balaban J connectivity index is 1.38. The second-order valence-electron chi connectivity index (χ2n) is 8.12. The van der Waals surface area contributed by atoms with E-state index in [4.69, 9.17) is 4.42 Å². The van der Waals surface area contributed by atoms with Crippen molar-refractivity contribution in [2.24, 2.45) is 0 Å². The number of benzene rings is 1. The van der Waals surface area contributed by atoms with E-state index in [0.717, 1.165) is 24.6 Å². The standard InChI is InChI=1S/C22H20F3N5O2/c1-12-3-2-4-14(19(12)20-26-7-8-32-20)21(31)30-13-5-6-16(30)15(9-13)29-18-11-27-17(10-28-18)22(23,24)25/h2-4,7-8,10-11,13,15-16H,5-6,9H2,1H3,(H,28,29). The maximum absolute atomic E-state index is 13.6. The third kappa shape index (κ3) is 3.49. The third-order valence-corrected chi connectivity index (χ3v) is 6.20. The molecule has 10 heteroatoms. The Hall–Kier alpha value is -3.43. The molecule has 4 heterocycles. The molecule has 2 bridgehead atoms. The third-order valence-electron chi connectivity index (χ3n) is 6.20. The first-order valence-corrected chi connectivity index (χ1v) is 10.3. The molecule has 1 amide bonds. The predicted molar refractivity (Wildman–Crippen MR) is 109 cm³/mol. The number of carbonyl (C=O) groups is 1. The van der Waals surface area contributed by atoms with E-state index in [-0.39, 0.29) is 29.9 Å². The van der Waals surface area contributed by atoms with Crippen LogP contribution in [0, 0.1) is 6.92 Å². The van der Waals surface area contributed by atoms with Crippen molar-refractivity contribution in [2.45, 2.75) is 50.5 Å². The lowest BCUT2D eigenvalue weighted by Crippen LogP contribution is -2.40. The van der Waals surface area contributed by atoms with Crippen LogP contribution < -0.4 is 5.32 Å². The van der Waals surface area contributed by atoms with Gasteiger partial charge in [-0.05, 0) is 37.8 Å². The van der Waals surface area contributed by atoms with Crippen molar-refractivity contribution < 1.29 is 22.4 Å². The predicted octanol–water partition coefficient (Wildman–Crippen LogP) is 4.32. The first-order valence-electron chi connectivity index (χ1n) is 10.3. The fourth-order valence-electron chi connectivity index (χ4n) is 4.82. The highest BCUT2D eigenvalue weighted by molar-refractivity contribution is 6.01. The summed E-state index contributed by atoms with van der Waals surface area (Å²) < 4.78 is 43.7. The van der Waals surface area contributed by atoms with E-state index < -0.39 is 11.9 Å². The zero-order chi connectivity index (χ0) is 22.5. The molecule has 2 saturated heterocycles. The SMILES string of the molecule is Cc1cccc(C(=O)N2C3CCC2C(Nc2cnc(C(F)(F)F)cn2)C3)c1-c1ncco1. The summed E-state index contributed by atoms with van der Waals surface area (Å²) in [4.78, 5) is 27.0. The van der Waals surface area contributed by atoms with Crippen LogP contribution in [0.4, 0.5) is 19.0 Å². The van der Waals surface area contributed by atoms with E-state index in [2.05, 4.69) is 20.3 Å². The van der Waals surface area contributed by atoms with Gasteiger partial charge in [-0.1, -0.05) is 12.1 Å². The van der Waals surface area contributed by atoms with Gasteiger partial charge in [-0.15, -0.1) is 0 Å². The summed E-state index contributed by atoms with van der Waals surface area (Å²) in [5.41, 5.74) is 1.05. The van der Waals surface area contributed by atoms with E-state index >= 15 is 0 Å². The topological polar surface area (TPSA) is 84.2 Å². The first-order chi connectivity index (χ1) is 15.3. The summed E-state index contributed by atoms with van der Waals surface area (Å²) in [6.07, 6.45) is 2.67. The molecular weight excluding hydrogens is 423 g/mol. The van der Waals surface area contributed by atoms with Crippen LogP contribution in [0.1, 0.15) is 40.9 Å². The van der Waals surface area contributed by atoms with Crippen molar-refractivity contribution in [1.29, 1.82) is 0 Å². The lowest BCUT2D eigenvalue weighted by Gasteiger charge is -2.26. The van der Waals surface area contributed by atoms with Crippen molar-refractivity contribution in [3.63, 3.8) is 0 Å². The lowest BCUT2D eigenvalue weighted by molar-refractivity contribution is -0.141. The van der Waals surface area contributed by atoms with Crippen molar-refractivity contribution in [3.05, 3.63) is 59.9 Å². The fourth-order valence-corrected chi connectivity index (χ4v) is 4.82. The summed E-state index contributed by atoms with van der Waals surface area (Å²) in [7, 11) is 0. The van der Waals surface area contributed by atoms with Gasteiger partial charge in [0.25, 0.3) is 5.91 Å². The quantitative estimate of drug-likeness (QED) is 0.647. The van der Waals surface area contributed by atoms with Crippen LogP contribution in [-0.2, 0) is 6.18 Å².